The average molecular weight is 276 g/mol. The Labute approximate surface area is 119 Å². The number of hydrogen-bond donors (Lipinski definition) is 0. The van der Waals surface area contributed by atoms with Crippen molar-refractivity contribution in [2.45, 2.75) is 13.3 Å². The van der Waals surface area contributed by atoms with Gasteiger partial charge in [0.1, 0.15) is 0 Å². The van der Waals surface area contributed by atoms with Gasteiger partial charge in [-0.05, 0) is 25.5 Å². The summed E-state index contributed by atoms with van der Waals surface area (Å²) in [6.45, 7) is 4.55. The second-order valence-corrected chi connectivity index (χ2v) is 4.70. The van der Waals surface area contributed by atoms with Crippen molar-refractivity contribution in [3.63, 3.8) is 0 Å². The highest BCUT2D eigenvalue weighted by molar-refractivity contribution is 5.94. The van der Waals surface area contributed by atoms with Crippen LogP contribution in [0.1, 0.15) is 23.7 Å². The highest BCUT2D eigenvalue weighted by atomic mass is 16.6. The van der Waals surface area contributed by atoms with Crippen molar-refractivity contribution in [2.75, 3.05) is 32.8 Å². The molecule has 1 aromatic carbocycles. The maximum atomic E-state index is 12.3. The highest BCUT2D eigenvalue weighted by Crippen LogP contribution is 2.10. The van der Waals surface area contributed by atoms with E-state index in [0.29, 0.717) is 38.3 Å². The van der Waals surface area contributed by atoms with Gasteiger partial charge in [0.25, 0.3) is 5.91 Å². The highest BCUT2D eigenvalue weighted by Gasteiger charge is 2.23. The first-order chi connectivity index (χ1) is 9.72. The Morgan fingerprint density at radius 1 is 1.05 bits per heavy atom. The second-order valence-electron chi connectivity index (χ2n) is 4.70. The number of benzene rings is 1. The van der Waals surface area contributed by atoms with Crippen LogP contribution in [0, 0.1) is 0 Å². The van der Waals surface area contributed by atoms with Gasteiger partial charge in [-0.25, -0.2) is 4.79 Å². The average Bonchev–Trinajstić information content (AvgIpc) is 2.73. The Morgan fingerprint density at radius 3 is 2.40 bits per heavy atom. The lowest BCUT2D eigenvalue weighted by Gasteiger charge is -2.21. The molecule has 2 amide bonds. The molecule has 5 nitrogen and oxygen atoms in total. The van der Waals surface area contributed by atoms with Crippen LogP contribution in [0.4, 0.5) is 4.79 Å². The number of hydrogen-bond acceptors (Lipinski definition) is 3. The van der Waals surface area contributed by atoms with Crippen LogP contribution in [-0.4, -0.2) is 54.6 Å². The van der Waals surface area contributed by atoms with Gasteiger partial charge < -0.3 is 14.5 Å². The molecule has 20 heavy (non-hydrogen) atoms. The molecule has 1 heterocycles. The van der Waals surface area contributed by atoms with E-state index in [4.69, 9.17) is 4.74 Å². The Balaban J connectivity index is 1.96. The number of nitrogens with zero attached hydrogens (tertiary/aromatic N) is 2. The summed E-state index contributed by atoms with van der Waals surface area (Å²) in [5.41, 5.74) is 0.692. The molecule has 0 spiro atoms. The van der Waals surface area contributed by atoms with Crippen molar-refractivity contribution >= 4 is 12.0 Å². The van der Waals surface area contributed by atoms with E-state index < -0.39 is 0 Å². The summed E-state index contributed by atoms with van der Waals surface area (Å²) >= 11 is 0. The van der Waals surface area contributed by atoms with Crippen molar-refractivity contribution in [3.8, 4) is 0 Å². The van der Waals surface area contributed by atoms with Crippen LogP contribution in [-0.2, 0) is 4.74 Å². The number of amides is 2. The lowest BCUT2D eigenvalue weighted by molar-refractivity contribution is 0.0753. The maximum absolute atomic E-state index is 12.3. The summed E-state index contributed by atoms with van der Waals surface area (Å²) in [4.78, 5) is 27.5. The Hall–Kier alpha value is -2.04. The molecule has 5 heteroatoms. The van der Waals surface area contributed by atoms with Gasteiger partial charge in [0.05, 0.1) is 6.61 Å². The summed E-state index contributed by atoms with van der Waals surface area (Å²) in [6.07, 6.45) is 0.485. The van der Waals surface area contributed by atoms with Crippen molar-refractivity contribution in [2.24, 2.45) is 0 Å². The van der Waals surface area contributed by atoms with E-state index in [1.807, 2.05) is 30.3 Å². The first kappa shape index (κ1) is 14.4. The zero-order valence-electron chi connectivity index (χ0n) is 11.7. The third kappa shape index (κ3) is 3.50. The zero-order valence-corrected chi connectivity index (χ0v) is 11.7. The molecule has 0 atom stereocenters. The fraction of sp³-hybridized carbons (Fsp3) is 0.467. The third-order valence-corrected chi connectivity index (χ3v) is 3.33. The van der Waals surface area contributed by atoms with Crippen LogP contribution in [0.15, 0.2) is 30.3 Å². The molecule has 1 aliphatic heterocycles. The maximum Gasteiger partial charge on any atom is 0.409 e. The fourth-order valence-electron chi connectivity index (χ4n) is 2.28. The molecular formula is C15H20N2O3. The van der Waals surface area contributed by atoms with Crippen molar-refractivity contribution in [1.29, 1.82) is 0 Å². The van der Waals surface area contributed by atoms with Crippen LogP contribution < -0.4 is 0 Å². The molecule has 0 N–H and O–H groups in total. The smallest absolute Gasteiger partial charge is 0.409 e. The van der Waals surface area contributed by atoms with Crippen molar-refractivity contribution < 1.29 is 14.3 Å². The summed E-state index contributed by atoms with van der Waals surface area (Å²) in [5, 5.41) is 0. The van der Waals surface area contributed by atoms with Crippen LogP contribution in [0.5, 0.6) is 0 Å². The predicted molar refractivity (Wildman–Crippen MR) is 75.6 cm³/mol. The quantitative estimate of drug-likeness (QED) is 0.830. The largest absolute Gasteiger partial charge is 0.450 e. The molecule has 0 bridgehead atoms. The van der Waals surface area contributed by atoms with Gasteiger partial charge in [-0.3, -0.25) is 4.79 Å². The Kier molecular flexibility index (Phi) is 4.98. The lowest BCUT2D eigenvalue weighted by Crippen LogP contribution is -2.37. The van der Waals surface area contributed by atoms with E-state index in [-0.39, 0.29) is 12.0 Å². The minimum Gasteiger partial charge on any atom is -0.450 e. The summed E-state index contributed by atoms with van der Waals surface area (Å²) < 4.78 is 5.00. The van der Waals surface area contributed by atoms with E-state index in [1.54, 1.807) is 16.7 Å². The normalized spacial score (nSPS) is 15.7. The molecule has 0 aliphatic carbocycles. The Bertz CT molecular complexity index is 461. The lowest BCUT2D eigenvalue weighted by atomic mass is 10.2. The van der Waals surface area contributed by atoms with Gasteiger partial charge in [-0.2, -0.15) is 0 Å². The molecule has 0 radical (unpaired) electrons. The molecule has 0 unspecified atom stereocenters. The van der Waals surface area contributed by atoms with E-state index in [2.05, 4.69) is 0 Å². The molecule has 1 fully saturated rings. The van der Waals surface area contributed by atoms with E-state index in [1.165, 1.54) is 0 Å². The monoisotopic (exact) mass is 276 g/mol. The predicted octanol–water partition coefficient (Wildman–Crippen LogP) is 1.99. The molecular weight excluding hydrogens is 256 g/mol. The van der Waals surface area contributed by atoms with Crippen LogP contribution >= 0.6 is 0 Å². The Morgan fingerprint density at radius 2 is 1.70 bits per heavy atom. The van der Waals surface area contributed by atoms with Crippen LogP contribution in [0.25, 0.3) is 0 Å². The van der Waals surface area contributed by atoms with Gasteiger partial charge in [0, 0.05) is 31.7 Å². The van der Waals surface area contributed by atoms with E-state index in [0.717, 1.165) is 6.42 Å². The molecule has 108 valence electrons. The van der Waals surface area contributed by atoms with Gasteiger partial charge in [-0.15, -0.1) is 0 Å². The first-order valence-electron chi connectivity index (χ1n) is 6.98. The SMILES string of the molecule is CCOC(=O)N1CCCN(C(=O)c2ccccc2)CC1. The summed E-state index contributed by atoms with van der Waals surface area (Å²) in [7, 11) is 0. The van der Waals surface area contributed by atoms with Gasteiger partial charge in [0.2, 0.25) is 0 Å². The topological polar surface area (TPSA) is 49.9 Å². The molecule has 1 saturated heterocycles. The first-order valence-corrected chi connectivity index (χ1v) is 6.98. The van der Waals surface area contributed by atoms with Gasteiger partial charge in [0.15, 0.2) is 0 Å². The van der Waals surface area contributed by atoms with Crippen LogP contribution in [0.3, 0.4) is 0 Å². The van der Waals surface area contributed by atoms with Crippen LogP contribution in [0.2, 0.25) is 0 Å². The number of carbonyl (C=O) groups excluding carboxylic acids is 2. The summed E-state index contributed by atoms with van der Waals surface area (Å²) in [5.74, 6) is 0.0244. The van der Waals surface area contributed by atoms with Gasteiger partial charge >= 0.3 is 6.09 Å². The number of ether oxygens (including phenoxy) is 1. The molecule has 1 aliphatic rings. The number of rotatable bonds is 2. The minimum absolute atomic E-state index is 0.0244. The van der Waals surface area contributed by atoms with E-state index in [9.17, 15) is 9.59 Å². The molecule has 0 aromatic heterocycles. The second kappa shape index (κ2) is 6.93. The van der Waals surface area contributed by atoms with E-state index >= 15 is 0 Å². The standard InChI is InChI=1S/C15H20N2O3/c1-2-20-15(19)17-10-6-9-16(11-12-17)14(18)13-7-4-3-5-8-13/h3-5,7-8H,2,6,9-12H2,1H3. The minimum atomic E-state index is -0.290. The van der Waals surface area contributed by atoms with Gasteiger partial charge in [-0.1, -0.05) is 18.2 Å². The molecule has 2 rings (SSSR count). The zero-order chi connectivity index (χ0) is 14.4. The molecule has 0 saturated carbocycles. The molecule has 1 aromatic rings. The summed E-state index contributed by atoms with van der Waals surface area (Å²) in [6, 6.07) is 9.24. The van der Waals surface area contributed by atoms with Crippen molar-refractivity contribution in [3.05, 3.63) is 35.9 Å². The van der Waals surface area contributed by atoms with Crippen molar-refractivity contribution in [1.82, 2.24) is 9.80 Å². The third-order valence-electron chi connectivity index (χ3n) is 3.33. The number of carbonyl (C=O) groups is 2. The fourth-order valence-corrected chi connectivity index (χ4v) is 2.28.